The molecular formula is C23H28N2O7S. The van der Waals surface area contributed by atoms with Crippen LogP contribution in [0.2, 0.25) is 0 Å². The van der Waals surface area contributed by atoms with E-state index in [0.717, 1.165) is 0 Å². The van der Waals surface area contributed by atoms with E-state index >= 15 is 0 Å². The van der Waals surface area contributed by atoms with Crippen molar-refractivity contribution in [3.8, 4) is 11.5 Å². The standard InChI is InChI=1S/C23H28N2O7S/c1-5-25(6-2)33(28,29)20-12-9-18(10-13-20)24-22(26)16-32-23(27)14-8-17-7-11-19(30-3)15-21(17)31-4/h7-15H,5-6,16H2,1-4H3,(H,24,26)/b14-8+. The molecule has 0 saturated heterocycles. The van der Waals surface area contributed by atoms with Crippen LogP contribution in [0.1, 0.15) is 19.4 Å². The molecule has 0 aliphatic rings. The zero-order valence-electron chi connectivity index (χ0n) is 19.0. The highest BCUT2D eigenvalue weighted by atomic mass is 32.2. The van der Waals surface area contributed by atoms with Gasteiger partial charge in [-0.3, -0.25) is 4.79 Å². The van der Waals surface area contributed by atoms with Crippen molar-refractivity contribution < 1.29 is 32.2 Å². The Labute approximate surface area is 194 Å². The molecule has 1 amide bonds. The molecule has 2 aromatic carbocycles. The second kappa shape index (κ2) is 12.0. The van der Waals surface area contributed by atoms with Gasteiger partial charge in [-0.25, -0.2) is 13.2 Å². The van der Waals surface area contributed by atoms with Gasteiger partial charge in [0.1, 0.15) is 11.5 Å². The molecular weight excluding hydrogens is 448 g/mol. The molecule has 33 heavy (non-hydrogen) atoms. The van der Waals surface area contributed by atoms with E-state index in [0.29, 0.717) is 35.8 Å². The summed E-state index contributed by atoms with van der Waals surface area (Å²) in [6.45, 7) is 3.76. The second-order valence-electron chi connectivity index (χ2n) is 6.71. The van der Waals surface area contributed by atoms with Gasteiger partial charge in [-0.1, -0.05) is 13.8 Å². The first-order valence-corrected chi connectivity index (χ1v) is 11.7. The van der Waals surface area contributed by atoms with Crippen LogP contribution >= 0.6 is 0 Å². The van der Waals surface area contributed by atoms with E-state index in [4.69, 9.17) is 14.2 Å². The van der Waals surface area contributed by atoms with E-state index in [1.165, 1.54) is 54.9 Å². The highest BCUT2D eigenvalue weighted by molar-refractivity contribution is 7.89. The minimum atomic E-state index is -3.58. The van der Waals surface area contributed by atoms with Crippen molar-refractivity contribution in [3.05, 3.63) is 54.1 Å². The third-order valence-electron chi connectivity index (χ3n) is 4.67. The number of methoxy groups -OCH3 is 2. The van der Waals surface area contributed by atoms with Crippen molar-refractivity contribution in [2.24, 2.45) is 0 Å². The topological polar surface area (TPSA) is 111 Å². The Balaban J connectivity index is 1.91. The highest BCUT2D eigenvalue weighted by Crippen LogP contribution is 2.25. The maximum absolute atomic E-state index is 12.5. The zero-order chi connectivity index (χ0) is 24.4. The van der Waals surface area contributed by atoms with Crippen LogP contribution in [0.3, 0.4) is 0 Å². The third kappa shape index (κ3) is 7.06. The summed E-state index contributed by atoms with van der Waals surface area (Å²) < 4.78 is 41.7. The molecule has 0 atom stereocenters. The van der Waals surface area contributed by atoms with Gasteiger partial charge >= 0.3 is 5.97 Å². The van der Waals surface area contributed by atoms with Crippen LogP contribution in [0.15, 0.2) is 53.4 Å². The Kier molecular flexibility index (Phi) is 9.43. The van der Waals surface area contributed by atoms with Crippen molar-refractivity contribution >= 4 is 33.7 Å². The third-order valence-corrected chi connectivity index (χ3v) is 6.73. The molecule has 10 heteroatoms. The molecule has 0 fully saturated rings. The summed E-state index contributed by atoms with van der Waals surface area (Å²) in [6.07, 6.45) is 2.69. The van der Waals surface area contributed by atoms with E-state index in [1.807, 2.05) is 0 Å². The highest BCUT2D eigenvalue weighted by Gasteiger charge is 2.21. The normalized spacial score (nSPS) is 11.4. The molecule has 0 heterocycles. The predicted octanol–water partition coefficient (Wildman–Crippen LogP) is 2.93. The van der Waals surface area contributed by atoms with Crippen LogP contribution in [0, 0.1) is 0 Å². The Morgan fingerprint density at radius 1 is 1.00 bits per heavy atom. The van der Waals surface area contributed by atoms with Gasteiger partial charge < -0.3 is 19.5 Å². The lowest BCUT2D eigenvalue weighted by molar-refractivity contribution is -0.142. The first kappa shape index (κ1) is 25.9. The summed E-state index contributed by atoms with van der Waals surface area (Å²) in [4.78, 5) is 24.2. The summed E-state index contributed by atoms with van der Waals surface area (Å²) in [5, 5.41) is 2.56. The van der Waals surface area contributed by atoms with Crippen molar-refractivity contribution in [2.75, 3.05) is 39.2 Å². The second-order valence-corrected chi connectivity index (χ2v) is 8.65. The number of anilines is 1. The molecule has 0 aliphatic heterocycles. The molecule has 0 aromatic heterocycles. The van der Waals surface area contributed by atoms with Gasteiger partial charge in [0, 0.05) is 36.5 Å². The Hall–Kier alpha value is -3.37. The van der Waals surface area contributed by atoms with Crippen molar-refractivity contribution in [2.45, 2.75) is 18.7 Å². The maximum Gasteiger partial charge on any atom is 0.331 e. The van der Waals surface area contributed by atoms with Crippen LogP contribution in [0.25, 0.3) is 6.08 Å². The maximum atomic E-state index is 12.5. The molecule has 2 rings (SSSR count). The SMILES string of the molecule is CCN(CC)S(=O)(=O)c1ccc(NC(=O)COC(=O)/C=C/c2ccc(OC)cc2OC)cc1. The summed E-state index contributed by atoms with van der Waals surface area (Å²) >= 11 is 0. The molecule has 1 N–H and O–H groups in total. The van der Waals surface area contributed by atoms with Crippen molar-refractivity contribution in [3.63, 3.8) is 0 Å². The van der Waals surface area contributed by atoms with Gasteiger partial charge in [-0.05, 0) is 42.5 Å². The van der Waals surface area contributed by atoms with Gasteiger partial charge in [-0.2, -0.15) is 4.31 Å². The fourth-order valence-corrected chi connectivity index (χ4v) is 4.38. The fourth-order valence-electron chi connectivity index (χ4n) is 2.92. The largest absolute Gasteiger partial charge is 0.497 e. The van der Waals surface area contributed by atoms with Crippen LogP contribution < -0.4 is 14.8 Å². The van der Waals surface area contributed by atoms with Crippen molar-refractivity contribution in [1.29, 1.82) is 0 Å². The monoisotopic (exact) mass is 476 g/mol. The van der Waals surface area contributed by atoms with Crippen LogP contribution in [-0.2, 0) is 24.3 Å². The van der Waals surface area contributed by atoms with E-state index in [9.17, 15) is 18.0 Å². The average Bonchev–Trinajstić information content (AvgIpc) is 2.82. The predicted molar refractivity (Wildman–Crippen MR) is 125 cm³/mol. The molecule has 0 spiro atoms. The van der Waals surface area contributed by atoms with Gasteiger partial charge in [0.2, 0.25) is 10.0 Å². The number of esters is 1. The first-order chi connectivity index (χ1) is 15.7. The van der Waals surface area contributed by atoms with Gasteiger partial charge in [-0.15, -0.1) is 0 Å². The quantitative estimate of drug-likeness (QED) is 0.392. The van der Waals surface area contributed by atoms with E-state index in [1.54, 1.807) is 32.0 Å². The van der Waals surface area contributed by atoms with E-state index in [-0.39, 0.29) is 4.90 Å². The smallest absolute Gasteiger partial charge is 0.331 e. The number of nitrogens with one attached hydrogen (secondary N) is 1. The Morgan fingerprint density at radius 2 is 1.67 bits per heavy atom. The van der Waals surface area contributed by atoms with Gasteiger partial charge in [0.25, 0.3) is 5.91 Å². The van der Waals surface area contributed by atoms with E-state index in [2.05, 4.69) is 5.32 Å². The number of rotatable bonds is 11. The Bertz CT molecular complexity index is 1090. The summed E-state index contributed by atoms with van der Waals surface area (Å²) in [6, 6.07) is 10.9. The summed E-state index contributed by atoms with van der Waals surface area (Å²) in [5.74, 6) is -0.133. The lowest BCUT2D eigenvalue weighted by Crippen LogP contribution is -2.30. The minimum absolute atomic E-state index is 0.134. The zero-order valence-corrected chi connectivity index (χ0v) is 19.8. The lowest BCUT2D eigenvalue weighted by atomic mass is 10.2. The number of hydrogen-bond acceptors (Lipinski definition) is 7. The number of carbonyl (C=O) groups is 2. The molecule has 0 unspecified atom stereocenters. The number of amides is 1. The molecule has 2 aromatic rings. The number of benzene rings is 2. The average molecular weight is 477 g/mol. The molecule has 0 aliphatic carbocycles. The van der Waals surface area contributed by atoms with Crippen LogP contribution in [-0.4, -0.2) is 58.5 Å². The summed E-state index contributed by atoms with van der Waals surface area (Å²) in [5.41, 5.74) is 1.02. The fraction of sp³-hybridized carbons (Fsp3) is 0.304. The van der Waals surface area contributed by atoms with Crippen molar-refractivity contribution in [1.82, 2.24) is 4.31 Å². The molecule has 0 radical (unpaired) electrons. The molecule has 9 nitrogen and oxygen atoms in total. The number of carbonyl (C=O) groups excluding carboxylic acids is 2. The number of sulfonamides is 1. The minimum Gasteiger partial charge on any atom is -0.497 e. The van der Waals surface area contributed by atoms with Crippen LogP contribution in [0.5, 0.6) is 11.5 Å². The molecule has 0 saturated carbocycles. The van der Waals surface area contributed by atoms with Gasteiger partial charge in [0.15, 0.2) is 6.61 Å². The number of ether oxygens (including phenoxy) is 3. The molecule has 178 valence electrons. The van der Waals surface area contributed by atoms with E-state index < -0.39 is 28.5 Å². The van der Waals surface area contributed by atoms with Crippen LogP contribution in [0.4, 0.5) is 5.69 Å². The number of nitrogens with zero attached hydrogens (tertiary/aromatic N) is 1. The van der Waals surface area contributed by atoms with Gasteiger partial charge in [0.05, 0.1) is 19.1 Å². The number of hydrogen-bond donors (Lipinski definition) is 1. The molecule has 0 bridgehead atoms. The lowest BCUT2D eigenvalue weighted by Gasteiger charge is -2.18. The summed E-state index contributed by atoms with van der Waals surface area (Å²) in [7, 11) is -0.541. The Morgan fingerprint density at radius 3 is 2.24 bits per heavy atom. The first-order valence-electron chi connectivity index (χ1n) is 10.2.